The van der Waals surface area contributed by atoms with E-state index in [2.05, 4.69) is 32.3 Å². The van der Waals surface area contributed by atoms with Crippen molar-refractivity contribution >= 4 is 22.4 Å². The number of anilines is 1. The Kier molecular flexibility index (Phi) is 5.55. The molecule has 0 aliphatic carbocycles. The van der Waals surface area contributed by atoms with Crippen LogP contribution >= 0.6 is 11.3 Å². The Hall–Kier alpha value is -1.83. The zero-order valence-electron chi connectivity index (χ0n) is 14.0. The summed E-state index contributed by atoms with van der Waals surface area (Å²) in [4.78, 5) is 23.1. The Bertz CT molecular complexity index is 703. The van der Waals surface area contributed by atoms with Crippen LogP contribution in [-0.4, -0.2) is 46.6 Å². The summed E-state index contributed by atoms with van der Waals surface area (Å²) in [5.41, 5.74) is 2.30. The van der Waals surface area contributed by atoms with E-state index in [1.165, 1.54) is 23.8 Å². The van der Waals surface area contributed by atoms with Gasteiger partial charge in [-0.2, -0.15) is 0 Å². The Morgan fingerprint density at radius 2 is 2.38 bits per heavy atom. The van der Waals surface area contributed by atoms with Crippen molar-refractivity contribution in [3.05, 3.63) is 40.7 Å². The summed E-state index contributed by atoms with van der Waals surface area (Å²) < 4.78 is 5.92. The fraction of sp³-hybridized carbons (Fsp3) is 0.471. The topological polar surface area (TPSA) is 67.4 Å². The highest BCUT2D eigenvalue weighted by molar-refractivity contribution is 7.15. The molecule has 0 spiro atoms. The second-order valence-electron chi connectivity index (χ2n) is 6.05. The third-order valence-corrected chi connectivity index (χ3v) is 4.76. The largest absolute Gasteiger partial charge is 0.375 e. The van der Waals surface area contributed by atoms with Crippen LogP contribution in [0.3, 0.4) is 0 Å². The molecule has 2 aromatic heterocycles. The van der Waals surface area contributed by atoms with Crippen LogP contribution in [0.25, 0.3) is 0 Å². The number of hydrogen-bond donors (Lipinski definition) is 1. The highest BCUT2D eigenvalue weighted by Crippen LogP contribution is 2.21. The molecule has 128 valence electrons. The summed E-state index contributed by atoms with van der Waals surface area (Å²) in [7, 11) is 0. The molecule has 0 bridgehead atoms. The monoisotopic (exact) mass is 346 g/mol. The lowest BCUT2D eigenvalue weighted by Crippen LogP contribution is -2.42. The number of nitrogens with zero attached hydrogens (tertiary/aromatic N) is 3. The summed E-state index contributed by atoms with van der Waals surface area (Å²) >= 11 is 1.53. The fourth-order valence-electron chi connectivity index (χ4n) is 2.85. The SMILES string of the molecule is CC(=O)Nc1ncc(CN2CCO[C@H](Cc3ccnc(C)c3)C2)s1. The number of thiazole rings is 1. The van der Waals surface area contributed by atoms with E-state index in [1.807, 2.05) is 19.3 Å². The minimum atomic E-state index is -0.0880. The fourth-order valence-corrected chi connectivity index (χ4v) is 3.75. The van der Waals surface area contributed by atoms with Crippen molar-refractivity contribution < 1.29 is 9.53 Å². The molecule has 0 radical (unpaired) electrons. The van der Waals surface area contributed by atoms with Crippen molar-refractivity contribution in [1.82, 2.24) is 14.9 Å². The average molecular weight is 346 g/mol. The summed E-state index contributed by atoms with van der Waals surface area (Å²) in [6, 6.07) is 4.17. The van der Waals surface area contributed by atoms with Crippen molar-refractivity contribution in [2.24, 2.45) is 0 Å². The molecule has 24 heavy (non-hydrogen) atoms. The molecule has 1 aliphatic heterocycles. The number of nitrogens with one attached hydrogen (secondary N) is 1. The molecule has 3 heterocycles. The third-order valence-electron chi connectivity index (χ3n) is 3.86. The van der Waals surface area contributed by atoms with Gasteiger partial charge in [0.1, 0.15) is 0 Å². The van der Waals surface area contributed by atoms with Crippen LogP contribution in [-0.2, 0) is 22.5 Å². The third kappa shape index (κ3) is 4.83. The number of pyridine rings is 1. The number of amides is 1. The van der Waals surface area contributed by atoms with Gasteiger partial charge >= 0.3 is 0 Å². The average Bonchev–Trinajstić information content (AvgIpc) is 2.94. The maximum atomic E-state index is 11.1. The zero-order chi connectivity index (χ0) is 16.9. The minimum Gasteiger partial charge on any atom is -0.375 e. The number of morpholine rings is 1. The second kappa shape index (κ2) is 7.83. The molecular weight excluding hydrogens is 324 g/mol. The van der Waals surface area contributed by atoms with Gasteiger partial charge in [-0.15, -0.1) is 11.3 Å². The highest BCUT2D eigenvalue weighted by atomic mass is 32.1. The first-order chi connectivity index (χ1) is 11.6. The Morgan fingerprint density at radius 3 is 3.17 bits per heavy atom. The molecule has 7 heteroatoms. The number of aryl methyl sites for hydroxylation is 1. The highest BCUT2D eigenvalue weighted by Gasteiger charge is 2.21. The first kappa shape index (κ1) is 17.0. The molecule has 0 unspecified atom stereocenters. The molecule has 1 aliphatic rings. The smallest absolute Gasteiger partial charge is 0.223 e. The first-order valence-electron chi connectivity index (χ1n) is 8.06. The molecule has 1 saturated heterocycles. The molecule has 0 aromatic carbocycles. The minimum absolute atomic E-state index is 0.0880. The predicted molar refractivity (Wildman–Crippen MR) is 94.1 cm³/mol. The summed E-state index contributed by atoms with van der Waals surface area (Å²) in [5.74, 6) is -0.0880. The van der Waals surface area contributed by atoms with E-state index >= 15 is 0 Å². The Morgan fingerprint density at radius 1 is 1.50 bits per heavy atom. The zero-order valence-corrected chi connectivity index (χ0v) is 14.8. The standard InChI is InChI=1S/C17H22N4O2S/c1-12-7-14(3-4-18-12)8-15-10-21(5-6-23-15)11-16-9-19-17(24-16)20-13(2)22/h3-4,7,9,15H,5-6,8,10-11H2,1-2H3,(H,19,20,22)/t15-/m1/s1. The molecule has 1 N–H and O–H groups in total. The van der Waals surface area contributed by atoms with Gasteiger partial charge in [0, 0.05) is 49.5 Å². The molecule has 3 rings (SSSR count). The number of carbonyl (C=O) groups is 1. The maximum Gasteiger partial charge on any atom is 0.223 e. The van der Waals surface area contributed by atoms with Crippen molar-refractivity contribution in [1.29, 1.82) is 0 Å². The Labute approximate surface area is 145 Å². The lowest BCUT2D eigenvalue weighted by atomic mass is 10.1. The van der Waals surface area contributed by atoms with Gasteiger partial charge in [0.15, 0.2) is 5.13 Å². The van der Waals surface area contributed by atoms with Crippen LogP contribution in [0.2, 0.25) is 0 Å². The van der Waals surface area contributed by atoms with Crippen LogP contribution < -0.4 is 5.32 Å². The molecular formula is C17H22N4O2S. The molecule has 1 amide bonds. The number of aromatic nitrogens is 2. The molecule has 0 saturated carbocycles. The van der Waals surface area contributed by atoms with Gasteiger partial charge in [-0.25, -0.2) is 4.98 Å². The molecule has 1 atom stereocenters. The Balaban J connectivity index is 1.55. The second-order valence-corrected chi connectivity index (χ2v) is 7.17. The van der Waals surface area contributed by atoms with Crippen molar-refractivity contribution in [3.8, 4) is 0 Å². The van der Waals surface area contributed by atoms with Crippen LogP contribution in [0, 0.1) is 6.92 Å². The van der Waals surface area contributed by atoms with Crippen LogP contribution in [0.4, 0.5) is 5.13 Å². The van der Waals surface area contributed by atoms with Crippen molar-refractivity contribution in [2.45, 2.75) is 32.9 Å². The van der Waals surface area contributed by atoms with E-state index < -0.39 is 0 Å². The normalized spacial score (nSPS) is 18.5. The summed E-state index contributed by atoms with van der Waals surface area (Å²) in [6.45, 7) is 6.90. The number of ether oxygens (including phenoxy) is 1. The van der Waals surface area contributed by atoms with Crippen molar-refractivity contribution in [2.75, 3.05) is 25.0 Å². The van der Waals surface area contributed by atoms with Crippen LogP contribution in [0.15, 0.2) is 24.5 Å². The molecule has 2 aromatic rings. The van der Waals surface area contributed by atoms with Gasteiger partial charge in [-0.3, -0.25) is 14.7 Å². The summed E-state index contributed by atoms with van der Waals surface area (Å²) in [6.07, 6.45) is 4.79. The lowest BCUT2D eigenvalue weighted by molar-refractivity contribution is -0.114. The van der Waals surface area contributed by atoms with Gasteiger partial charge in [-0.1, -0.05) is 0 Å². The van der Waals surface area contributed by atoms with Gasteiger partial charge in [0.25, 0.3) is 0 Å². The van der Waals surface area contributed by atoms with E-state index in [0.717, 1.165) is 43.2 Å². The lowest BCUT2D eigenvalue weighted by Gasteiger charge is -2.32. The van der Waals surface area contributed by atoms with Gasteiger partial charge < -0.3 is 10.1 Å². The number of carbonyl (C=O) groups excluding carboxylic acids is 1. The maximum absolute atomic E-state index is 11.1. The molecule has 1 fully saturated rings. The van der Waals surface area contributed by atoms with Crippen LogP contribution in [0.1, 0.15) is 23.1 Å². The van der Waals surface area contributed by atoms with E-state index in [4.69, 9.17) is 4.74 Å². The quantitative estimate of drug-likeness (QED) is 0.899. The first-order valence-corrected chi connectivity index (χ1v) is 8.88. The van der Waals surface area contributed by atoms with E-state index in [1.54, 1.807) is 0 Å². The predicted octanol–water partition coefficient (Wildman–Crippen LogP) is 2.25. The number of hydrogen-bond acceptors (Lipinski definition) is 6. The number of rotatable bonds is 5. The van der Waals surface area contributed by atoms with E-state index in [-0.39, 0.29) is 12.0 Å². The van der Waals surface area contributed by atoms with E-state index in [9.17, 15) is 4.79 Å². The van der Waals surface area contributed by atoms with Gasteiger partial charge in [0.2, 0.25) is 5.91 Å². The summed E-state index contributed by atoms with van der Waals surface area (Å²) in [5, 5.41) is 3.39. The van der Waals surface area contributed by atoms with E-state index in [0.29, 0.717) is 5.13 Å². The van der Waals surface area contributed by atoms with Gasteiger partial charge in [0.05, 0.1) is 12.7 Å². The van der Waals surface area contributed by atoms with Crippen LogP contribution in [0.5, 0.6) is 0 Å². The van der Waals surface area contributed by atoms with Gasteiger partial charge in [-0.05, 0) is 31.0 Å². The van der Waals surface area contributed by atoms with Crippen molar-refractivity contribution in [3.63, 3.8) is 0 Å². The molecule has 6 nitrogen and oxygen atoms in total.